The van der Waals surface area contributed by atoms with E-state index < -0.39 is 11.9 Å². The average molecular weight is 278 g/mol. The SMILES string of the molecule is CC(C)CCCCCOC(=O)c1ccccc1C(=O)O. The molecule has 110 valence electrons. The molecule has 0 bridgehead atoms. The lowest BCUT2D eigenvalue weighted by Crippen LogP contribution is -2.12. The Kier molecular flexibility index (Phi) is 6.77. The Morgan fingerprint density at radius 3 is 2.35 bits per heavy atom. The number of rotatable bonds is 8. The van der Waals surface area contributed by atoms with Crippen molar-refractivity contribution >= 4 is 11.9 Å². The van der Waals surface area contributed by atoms with Gasteiger partial charge in [0.25, 0.3) is 0 Å². The van der Waals surface area contributed by atoms with Gasteiger partial charge in [0.05, 0.1) is 17.7 Å². The van der Waals surface area contributed by atoms with E-state index in [0.29, 0.717) is 12.5 Å². The van der Waals surface area contributed by atoms with Gasteiger partial charge in [-0.05, 0) is 24.5 Å². The number of ether oxygens (including phenoxy) is 1. The van der Waals surface area contributed by atoms with E-state index in [4.69, 9.17) is 9.84 Å². The van der Waals surface area contributed by atoms with Gasteiger partial charge in [-0.2, -0.15) is 0 Å². The van der Waals surface area contributed by atoms with Crippen molar-refractivity contribution in [1.29, 1.82) is 0 Å². The lowest BCUT2D eigenvalue weighted by atomic mass is 10.1. The van der Waals surface area contributed by atoms with Gasteiger partial charge in [-0.1, -0.05) is 45.2 Å². The van der Waals surface area contributed by atoms with Gasteiger partial charge in [0.15, 0.2) is 0 Å². The molecule has 0 aliphatic rings. The van der Waals surface area contributed by atoms with E-state index >= 15 is 0 Å². The third-order valence-electron chi connectivity index (χ3n) is 3.04. The van der Waals surface area contributed by atoms with Gasteiger partial charge < -0.3 is 9.84 Å². The number of hydrogen-bond acceptors (Lipinski definition) is 3. The first kappa shape index (κ1) is 16.2. The Balaban J connectivity index is 2.38. The monoisotopic (exact) mass is 278 g/mol. The van der Waals surface area contributed by atoms with Crippen LogP contribution in [-0.4, -0.2) is 23.7 Å². The molecule has 1 aromatic carbocycles. The molecule has 1 aromatic rings. The first-order valence-electron chi connectivity index (χ1n) is 7.01. The van der Waals surface area contributed by atoms with Crippen molar-refractivity contribution in [3.63, 3.8) is 0 Å². The first-order chi connectivity index (χ1) is 9.52. The average Bonchev–Trinajstić information content (AvgIpc) is 2.42. The van der Waals surface area contributed by atoms with E-state index in [1.165, 1.54) is 18.6 Å². The molecule has 0 aliphatic carbocycles. The smallest absolute Gasteiger partial charge is 0.339 e. The van der Waals surface area contributed by atoms with Crippen LogP contribution < -0.4 is 0 Å². The van der Waals surface area contributed by atoms with Crippen LogP contribution in [0.1, 0.15) is 60.2 Å². The molecule has 0 spiro atoms. The summed E-state index contributed by atoms with van der Waals surface area (Å²) in [5.41, 5.74) is 0.0967. The summed E-state index contributed by atoms with van der Waals surface area (Å²) in [5, 5.41) is 9.00. The number of hydrogen-bond donors (Lipinski definition) is 1. The van der Waals surface area contributed by atoms with Crippen LogP contribution in [0.2, 0.25) is 0 Å². The highest BCUT2D eigenvalue weighted by molar-refractivity contribution is 6.02. The Labute approximate surface area is 119 Å². The second-order valence-corrected chi connectivity index (χ2v) is 5.23. The number of carboxylic acid groups (broad SMARTS) is 1. The number of carboxylic acids is 1. The number of benzene rings is 1. The maximum atomic E-state index is 11.8. The molecular formula is C16H22O4. The minimum Gasteiger partial charge on any atom is -0.478 e. The normalized spacial score (nSPS) is 10.6. The van der Waals surface area contributed by atoms with E-state index in [2.05, 4.69) is 13.8 Å². The summed E-state index contributed by atoms with van der Waals surface area (Å²) >= 11 is 0. The Morgan fingerprint density at radius 1 is 1.10 bits per heavy atom. The van der Waals surface area contributed by atoms with E-state index in [-0.39, 0.29) is 11.1 Å². The summed E-state index contributed by atoms with van der Waals surface area (Å²) in [6, 6.07) is 6.10. The third-order valence-corrected chi connectivity index (χ3v) is 3.04. The molecule has 4 nitrogen and oxygen atoms in total. The van der Waals surface area contributed by atoms with Gasteiger partial charge in [-0.15, -0.1) is 0 Å². The van der Waals surface area contributed by atoms with Crippen molar-refractivity contribution in [3.05, 3.63) is 35.4 Å². The van der Waals surface area contributed by atoms with Crippen LogP contribution in [0, 0.1) is 5.92 Å². The minimum atomic E-state index is -1.12. The van der Waals surface area contributed by atoms with E-state index in [1.807, 2.05) is 0 Å². The van der Waals surface area contributed by atoms with Crippen molar-refractivity contribution in [1.82, 2.24) is 0 Å². The van der Waals surface area contributed by atoms with Crippen LogP contribution in [0.25, 0.3) is 0 Å². The largest absolute Gasteiger partial charge is 0.478 e. The molecule has 0 fully saturated rings. The van der Waals surface area contributed by atoms with Gasteiger partial charge in [0.2, 0.25) is 0 Å². The molecule has 0 amide bonds. The summed E-state index contributed by atoms with van der Waals surface area (Å²) in [6.45, 7) is 4.70. The van der Waals surface area contributed by atoms with Crippen molar-refractivity contribution < 1.29 is 19.4 Å². The topological polar surface area (TPSA) is 63.6 Å². The zero-order valence-electron chi connectivity index (χ0n) is 12.1. The van der Waals surface area contributed by atoms with Crippen LogP contribution in [0.4, 0.5) is 0 Å². The fraction of sp³-hybridized carbons (Fsp3) is 0.500. The minimum absolute atomic E-state index is 0.0164. The molecule has 4 heteroatoms. The van der Waals surface area contributed by atoms with E-state index in [9.17, 15) is 9.59 Å². The molecule has 20 heavy (non-hydrogen) atoms. The molecule has 0 atom stereocenters. The molecule has 1 N–H and O–H groups in total. The van der Waals surface area contributed by atoms with Crippen LogP contribution in [-0.2, 0) is 4.74 Å². The number of esters is 1. The standard InChI is InChI=1S/C16H22O4/c1-12(2)8-4-3-7-11-20-16(19)14-10-6-5-9-13(14)15(17)18/h5-6,9-10,12H,3-4,7-8,11H2,1-2H3,(H,17,18). The molecule has 0 aromatic heterocycles. The lowest BCUT2D eigenvalue weighted by molar-refractivity contribution is 0.0487. The highest BCUT2D eigenvalue weighted by atomic mass is 16.5. The predicted molar refractivity (Wildman–Crippen MR) is 77.0 cm³/mol. The number of unbranched alkanes of at least 4 members (excludes halogenated alkanes) is 2. The Hall–Kier alpha value is -1.84. The highest BCUT2D eigenvalue weighted by Gasteiger charge is 2.16. The van der Waals surface area contributed by atoms with E-state index in [0.717, 1.165) is 19.3 Å². The second-order valence-electron chi connectivity index (χ2n) is 5.23. The summed E-state index contributed by atoms with van der Waals surface area (Å²) < 4.78 is 5.12. The molecule has 0 saturated heterocycles. The maximum Gasteiger partial charge on any atom is 0.339 e. The summed E-state index contributed by atoms with van der Waals surface area (Å²) in [6.07, 6.45) is 4.14. The van der Waals surface area contributed by atoms with Gasteiger partial charge in [0.1, 0.15) is 0 Å². The second kappa shape index (κ2) is 8.35. The maximum absolute atomic E-state index is 11.8. The molecule has 1 rings (SSSR count). The van der Waals surface area contributed by atoms with Crippen LogP contribution in [0.15, 0.2) is 24.3 Å². The summed E-state index contributed by atoms with van der Waals surface area (Å²) in [7, 11) is 0. The highest BCUT2D eigenvalue weighted by Crippen LogP contribution is 2.12. The number of carbonyl (C=O) groups is 2. The van der Waals surface area contributed by atoms with Crippen molar-refractivity contribution in [2.45, 2.75) is 39.5 Å². The van der Waals surface area contributed by atoms with Crippen molar-refractivity contribution in [2.75, 3.05) is 6.61 Å². The van der Waals surface area contributed by atoms with Gasteiger partial charge in [-0.25, -0.2) is 9.59 Å². The Bertz CT molecular complexity index is 452. The Morgan fingerprint density at radius 2 is 1.75 bits per heavy atom. The van der Waals surface area contributed by atoms with Crippen molar-refractivity contribution in [2.24, 2.45) is 5.92 Å². The molecule has 0 radical (unpaired) electrons. The first-order valence-corrected chi connectivity index (χ1v) is 7.01. The molecule has 0 saturated carbocycles. The van der Waals surface area contributed by atoms with Crippen LogP contribution in [0.3, 0.4) is 0 Å². The van der Waals surface area contributed by atoms with Crippen LogP contribution in [0.5, 0.6) is 0 Å². The number of carbonyl (C=O) groups excluding carboxylic acids is 1. The summed E-state index contributed by atoms with van der Waals surface area (Å²) in [5.74, 6) is -0.985. The van der Waals surface area contributed by atoms with Crippen molar-refractivity contribution in [3.8, 4) is 0 Å². The fourth-order valence-corrected chi connectivity index (χ4v) is 1.92. The lowest BCUT2D eigenvalue weighted by Gasteiger charge is -2.07. The van der Waals surface area contributed by atoms with Gasteiger partial charge >= 0.3 is 11.9 Å². The molecular weight excluding hydrogens is 256 g/mol. The molecule has 0 unspecified atom stereocenters. The quantitative estimate of drug-likeness (QED) is 0.581. The molecule has 0 aliphatic heterocycles. The zero-order valence-corrected chi connectivity index (χ0v) is 12.1. The summed E-state index contributed by atoms with van der Waals surface area (Å²) in [4.78, 5) is 22.8. The fourth-order valence-electron chi connectivity index (χ4n) is 1.92. The number of aromatic carboxylic acids is 1. The van der Waals surface area contributed by atoms with Crippen LogP contribution >= 0.6 is 0 Å². The van der Waals surface area contributed by atoms with Gasteiger partial charge in [0, 0.05) is 0 Å². The zero-order chi connectivity index (χ0) is 15.0. The van der Waals surface area contributed by atoms with E-state index in [1.54, 1.807) is 12.1 Å². The molecule has 0 heterocycles. The van der Waals surface area contributed by atoms with Gasteiger partial charge in [-0.3, -0.25) is 0 Å². The predicted octanol–water partition coefficient (Wildman–Crippen LogP) is 3.76. The third kappa shape index (κ3) is 5.43.